The molecule has 0 heterocycles. The fraction of sp³-hybridized carbons (Fsp3) is 0.822. The van der Waals surface area contributed by atoms with Gasteiger partial charge in [0.1, 0.15) is 6.04 Å². The smallest absolute Gasteiger partial charge is 0.119 e. The van der Waals surface area contributed by atoms with E-state index in [0.717, 1.165) is 4.48 Å². The standard InChI is InChI=1S/C45H84N.ClH/c1-5-9-12-15-18-21-24-27-30-36-41-45(44-39-34-33-35-40-44)46(8-4,42-37-31-28-25-22-19-16-13-10-6-2)43-38-32-29-26-23-20-17-14-11-7-3;/h8,33-35,39-40,45H,4-7,9-32,36-38,41-43H2,1-3H3;1H/q+1;/p-1. The minimum absolute atomic E-state index is 0. The Labute approximate surface area is 303 Å². The van der Waals surface area contributed by atoms with Crippen LogP contribution in [0.3, 0.4) is 0 Å². The quantitative estimate of drug-likeness (QED) is 0.0491. The molecule has 1 rings (SSSR count). The second-order valence-corrected chi connectivity index (χ2v) is 15.0. The lowest BCUT2D eigenvalue weighted by Crippen LogP contribution is -3.00. The van der Waals surface area contributed by atoms with Crippen LogP contribution in [0.15, 0.2) is 43.1 Å². The highest BCUT2D eigenvalue weighted by molar-refractivity contribution is 5.17. The second kappa shape index (κ2) is 35.1. The van der Waals surface area contributed by atoms with Crippen LogP contribution >= 0.6 is 0 Å². The van der Waals surface area contributed by atoms with Crippen LogP contribution in [-0.4, -0.2) is 17.6 Å². The molecule has 0 bridgehead atoms. The third kappa shape index (κ3) is 24.9. The highest BCUT2D eigenvalue weighted by Gasteiger charge is 2.34. The molecule has 0 aliphatic rings. The molecule has 0 aromatic heterocycles. The van der Waals surface area contributed by atoms with Gasteiger partial charge in [0.15, 0.2) is 0 Å². The van der Waals surface area contributed by atoms with Crippen LogP contribution in [0.4, 0.5) is 0 Å². The van der Waals surface area contributed by atoms with Gasteiger partial charge in [0.25, 0.3) is 0 Å². The van der Waals surface area contributed by atoms with Gasteiger partial charge in [-0.1, -0.05) is 212 Å². The molecule has 0 saturated carbocycles. The summed E-state index contributed by atoms with van der Waals surface area (Å²) in [5, 5.41) is 0. The van der Waals surface area contributed by atoms with E-state index in [9.17, 15) is 0 Å². The van der Waals surface area contributed by atoms with E-state index in [1.165, 1.54) is 212 Å². The average Bonchev–Trinajstić information content (AvgIpc) is 3.08. The van der Waals surface area contributed by atoms with E-state index in [0.29, 0.717) is 6.04 Å². The number of halogens is 1. The van der Waals surface area contributed by atoms with E-state index in [1.54, 1.807) is 5.56 Å². The van der Waals surface area contributed by atoms with Crippen molar-refractivity contribution in [2.45, 2.75) is 226 Å². The van der Waals surface area contributed by atoms with Gasteiger partial charge in [-0.2, -0.15) is 0 Å². The van der Waals surface area contributed by atoms with Crippen molar-refractivity contribution in [2.24, 2.45) is 0 Å². The number of rotatable bonds is 36. The first kappa shape index (κ1) is 46.2. The molecule has 0 amide bonds. The normalized spacial score (nSPS) is 12.2. The van der Waals surface area contributed by atoms with Crippen LogP contribution in [0.25, 0.3) is 0 Å². The molecule has 1 aromatic carbocycles. The molecule has 1 atom stereocenters. The fourth-order valence-corrected chi connectivity index (χ4v) is 7.74. The Morgan fingerprint density at radius 1 is 0.447 bits per heavy atom. The molecule has 2 heteroatoms. The molecule has 276 valence electrons. The first-order valence-electron chi connectivity index (χ1n) is 21.3. The Kier molecular flexibility index (Phi) is 34.5. The van der Waals surface area contributed by atoms with Gasteiger partial charge in [-0.3, -0.25) is 4.48 Å². The minimum Gasteiger partial charge on any atom is -1.00 e. The van der Waals surface area contributed by atoms with Crippen molar-refractivity contribution >= 4 is 0 Å². The van der Waals surface area contributed by atoms with Crippen LogP contribution in [0.5, 0.6) is 0 Å². The second-order valence-electron chi connectivity index (χ2n) is 15.0. The van der Waals surface area contributed by atoms with Crippen LogP contribution < -0.4 is 12.4 Å². The van der Waals surface area contributed by atoms with Gasteiger partial charge in [0.2, 0.25) is 0 Å². The zero-order chi connectivity index (χ0) is 33.2. The largest absolute Gasteiger partial charge is 1.00 e. The van der Waals surface area contributed by atoms with Gasteiger partial charge in [-0.05, 0) is 38.7 Å². The van der Waals surface area contributed by atoms with Crippen molar-refractivity contribution in [1.29, 1.82) is 0 Å². The number of hydrogen-bond acceptors (Lipinski definition) is 0. The van der Waals surface area contributed by atoms with Gasteiger partial charge in [-0.25, -0.2) is 0 Å². The molecular weight excluding hydrogens is 590 g/mol. The van der Waals surface area contributed by atoms with Crippen LogP contribution in [0.2, 0.25) is 0 Å². The summed E-state index contributed by atoms with van der Waals surface area (Å²) in [6.07, 6.45) is 46.1. The Morgan fingerprint density at radius 2 is 0.745 bits per heavy atom. The van der Waals surface area contributed by atoms with E-state index in [2.05, 4.69) is 63.9 Å². The summed E-state index contributed by atoms with van der Waals surface area (Å²) in [5.74, 6) is 0. The maximum Gasteiger partial charge on any atom is 0.119 e. The monoisotopic (exact) mass is 674 g/mol. The summed E-state index contributed by atoms with van der Waals surface area (Å²) in [7, 11) is 0. The van der Waals surface area contributed by atoms with E-state index in [-0.39, 0.29) is 12.4 Å². The summed E-state index contributed by atoms with van der Waals surface area (Å²) < 4.78 is 1.11. The van der Waals surface area contributed by atoms with E-state index in [1.807, 2.05) is 0 Å². The van der Waals surface area contributed by atoms with Crippen molar-refractivity contribution in [3.63, 3.8) is 0 Å². The first-order valence-corrected chi connectivity index (χ1v) is 21.3. The number of quaternary nitrogens is 1. The highest BCUT2D eigenvalue weighted by atomic mass is 35.5. The molecule has 0 fully saturated rings. The Bertz CT molecular complexity index is 722. The molecule has 0 radical (unpaired) electrons. The van der Waals surface area contributed by atoms with Crippen molar-refractivity contribution in [2.75, 3.05) is 13.1 Å². The summed E-state index contributed by atoms with van der Waals surface area (Å²) in [4.78, 5) is 0. The van der Waals surface area contributed by atoms with Gasteiger partial charge >= 0.3 is 0 Å². The topological polar surface area (TPSA) is 0 Å². The molecule has 47 heavy (non-hydrogen) atoms. The predicted molar refractivity (Wildman–Crippen MR) is 210 cm³/mol. The molecular formula is C45H84ClN. The molecule has 0 aliphatic carbocycles. The number of benzene rings is 1. The van der Waals surface area contributed by atoms with Crippen molar-refractivity contribution < 1.29 is 16.9 Å². The van der Waals surface area contributed by atoms with E-state index in [4.69, 9.17) is 0 Å². The van der Waals surface area contributed by atoms with E-state index < -0.39 is 0 Å². The average molecular weight is 675 g/mol. The number of nitrogens with zero attached hydrogens (tertiary/aromatic N) is 1. The van der Waals surface area contributed by atoms with Crippen molar-refractivity contribution in [1.82, 2.24) is 0 Å². The summed E-state index contributed by atoms with van der Waals surface area (Å²) in [5.41, 5.74) is 1.55. The zero-order valence-electron chi connectivity index (χ0n) is 32.4. The summed E-state index contributed by atoms with van der Waals surface area (Å²) in [6, 6.07) is 12.2. The maximum absolute atomic E-state index is 4.58. The minimum atomic E-state index is 0. The molecule has 1 unspecified atom stereocenters. The van der Waals surface area contributed by atoms with Crippen molar-refractivity contribution in [3.05, 3.63) is 48.7 Å². The molecule has 0 saturated heterocycles. The van der Waals surface area contributed by atoms with Crippen LogP contribution in [0.1, 0.15) is 231 Å². The Hall–Kier alpha value is -0.790. The van der Waals surface area contributed by atoms with Gasteiger partial charge in [0.05, 0.1) is 19.3 Å². The SMILES string of the molecule is C=C[N+](CCCCCCCCCCCC)(CCCCCCCCCCCC)C(CCCCCCCCCCCC)c1ccccc1.[Cl-]. The summed E-state index contributed by atoms with van der Waals surface area (Å²) in [6.45, 7) is 14.1. The lowest BCUT2D eigenvalue weighted by atomic mass is 9.94. The lowest BCUT2D eigenvalue weighted by molar-refractivity contribution is -0.911. The van der Waals surface area contributed by atoms with Crippen molar-refractivity contribution in [3.8, 4) is 0 Å². The third-order valence-corrected chi connectivity index (χ3v) is 10.9. The number of hydrogen-bond donors (Lipinski definition) is 0. The Morgan fingerprint density at radius 3 is 1.06 bits per heavy atom. The van der Waals surface area contributed by atoms with E-state index >= 15 is 0 Å². The van der Waals surface area contributed by atoms with Gasteiger partial charge in [-0.15, -0.1) is 0 Å². The maximum atomic E-state index is 4.58. The zero-order valence-corrected chi connectivity index (χ0v) is 33.2. The predicted octanol–water partition coefficient (Wildman–Crippen LogP) is 12.8. The molecule has 0 N–H and O–H groups in total. The third-order valence-electron chi connectivity index (χ3n) is 10.9. The highest BCUT2D eigenvalue weighted by Crippen LogP contribution is 2.36. The lowest BCUT2D eigenvalue weighted by Gasteiger charge is -2.43. The molecule has 0 spiro atoms. The molecule has 1 nitrogen and oxygen atoms in total. The molecule has 1 aromatic rings. The first-order chi connectivity index (χ1) is 22.7. The van der Waals surface area contributed by atoms with Crippen LogP contribution in [-0.2, 0) is 0 Å². The van der Waals surface area contributed by atoms with Crippen LogP contribution in [0, 0.1) is 0 Å². The molecule has 0 aliphatic heterocycles. The number of unbranched alkanes of at least 4 members (excludes halogenated alkanes) is 27. The van der Waals surface area contributed by atoms with Gasteiger partial charge < -0.3 is 12.4 Å². The summed E-state index contributed by atoms with van der Waals surface area (Å²) >= 11 is 0. The fourth-order valence-electron chi connectivity index (χ4n) is 7.74. The Balaban J connectivity index is 0.0000212. The van der Waals surface area contributed by atoms with Gasteiger partial charge in [0, 0.05) is 12.0 Å².